The summed E-state index contributed by atoms with van der Waals surface area (Å²) in [4.78, 5) is 24.3. The molecule has 2 aromatic rings. The molecule has 0 aliphatic carbocycles. The van der Waals surface area contributed by atoms with E-state index in [-0.39, 0.29) is 16.9 Å². The summed E-state index contributed by atoms with van der Waals surface area (Å²) in [6.45, 7) is 1.37. The number of ether oxygens (including phenoxy) is 1. The van der Waals surface area contributed by atoms with E-state index < -0.39 is 37.6 Å². The van der Waals surface area contributed by atoms with Crippen molar-refractivity contribution in [3.63, 3.8) is 0 Å². The first kappa shape index (κ1) is 21.8. The van der Waals surface area contributed by atoms with E-state index in [2.05, 4.69) is 0 Å². The van der Waals surface area contributed by atoms with Crippen LogP contribution in [-0.2, 0) is 33.9 Å². The van der Waals surface area contributed by atoms with E-state index in [0.717, 1.165) is 0 Å². The van der Waals surface area contributed by atoms with E-state index in [4.69, 9.17) is 38.2 Å². The van der Waals surface area contributed by atoms with Crippen molar-refractivity contribution >= 4 is 45.2 Å². The molecule has 1 unspecified atom stereocenters. The van der Waals surface area contributed by atoms with Gasteiger partial charge in [-0.1, -0.05) is 54.6 Å². The lowest BCUT2D eigenvalue weighted by Crippen LogP contribution is -2.40. The van der Waals surface area contributed by atoms with Gasteiger partial charge >= 0.3 is 10.1 Å². The molecule has 2 aromatic carbocycles. The second kappa shape index (κ2) is 7.39. The molecule has 0 fully saturated rings. The molecular formula is C19H14B3NO6S. The molecule has 0 amide bonds. The van der Waals surface area contributed by atoms with Crippen molar-refractivity contribution in [2.75, 3.05) is 0 Å². The van der Waals surface area contributed by atoms with Crippen molar-refractivity contribution in [2.45, 2.75) is 17.0 Å². The molecule has 11 heteroatoms. The van der Waals surface area contributed by atoms with Gasteiger partial charge < -0.3 is 14.7 Å². The third-order valence-electron chi connectivity index (χ3n) is 4.59. The van der Waals surface area contributed by atoms with Crippen molar-refractivity contribution in [3.8, 4) is 0 Å². The molecule has 0 saturated carbocycles. The Hall–Kier alpha value is -2.94. The molecule has 1 aliphatic heterocycles. The van der Waals surface area contributed by atoms with E-state index >= 15 is 0 Å². The summed E-state index contributed by atoms with van der Waals surface area (Å²) in [6.07, 6.45) is 0. The van der Waals surface area contributed by atoms with Gasteiger partial charge in [0.25, 0.3) is 0 Å². The Labute approximate surface area is 178 Å². The standard InChI is InChI=1S/C19H14B3NO6S/c1-11(24)12-7-9-13(10-8-12)18(20)16(25)15(17(23)28-18)29-30(26,27)19(21,22)14-5-3-2-4-6-14/h2-10H,23H2,1H3. The van der Waals surface area contributed by atoms with Gasteiger partial charge in [-0.05, 0) is 18.1 Å². The van der Waals surface area contributed by atoms with Crippen LogP contribution in [0.3, 0.4) is 0 Å². The molecule has 2 N–H and O–H groups in total. The van der Waals surface area contributed by atoms with Crippen molar-refractivity contribution in [2.24, 2.45) is 5.73 Å². The maximum atomic E-state index is 12.9. The summed E-state index contributed by atoms with van der Waals surface area (Å²) in [7, 11) is 12.8. The highest BCUT2D eigenvalue weighted by Gasteiger charge is 2.50. The zero-order valence-electron chi connectivity index (χ0n) is 15.9. The Bertz CT molecular complexity index is 1150. The number of nitrogens with two attached hydrogens (primary N) is 1. The van der Waals surface area contributed by atoms with Crippen LogP contribution in [0, 0.1) is 0 Å². The maximum Gasteiger partial charge on any atom is 0.302 e. The molecule has 146 valence electrons. The number of ketones is 2. The lowest BCUT2D eigenvalue weighted by Gasteiger charge is -2.26. The molecule has 30 heavy (non-hydrogen) atoms. The van der Waals surface area contributed by atoms with Crippen LogP contribution in [0.15, 0.2) is 66.2 Å². The van der Waals surface area contributed by atoms with Crippen LogP contribution in [0.2, 0.25) is 0 Å². The first-order chi connectivity index (χ1) is 13.9. The van der Waals surface area contributed by atoms with Crippen molar-refractivity contribution < 1.29 is 26.9 Å². The number of benzene rings is 2. The number of rotatable bonds is 6. The van der Waals surface area contributed by atoms with Gasteiger partial charge in [-0.2, -0.15) is 8.42 Å². The van der Waals surface area contributed by atoms with Gasteiger partial charge in [0.1, 0.15) is 7.85 Å². The Kier molecular flexibility index (Phi) is 5.36. The average Bonchev–Trinajstić information content (AvgIpc) is 2.92. The van der Waals surface area contributed by atoms with Crippen LogP contribution in [0.25, 0.3) is 0 Å². The fraction of sp³-hybridized carbons (Fsp3) is 0.158. The third kappa shape index (κ3) is 3.54. The summed E-state index contributed by atoms with van der Waals surface area (Å²) in [5.41, 5.74) is 4.07. The molecule has 0 saturated heterocycles. The number of Topliss-reactive ketones (excluding diaryl/α,β-unsaturated/α-hetero) is 2. The summed E-state index contributed by atoms with van der Waals surface area (Å²) >= 11 is 0. The third-order valence-corrected chi connectivity index (χ3v) is 6.04. The highest BCUT2D eigenvalue weighted by Crippen LogP contribution is 2.38. The van der Waals surface area contributed by atoms with E-state index in [1.165, 1.54) is 55.5 Å². The van der Waals surface area contributed by atoms with Crippen LogP contribution in [-0.4, -0.2) is 43.5 Å². The van der Waals surface area contributed by atoms with Crippen molar-refractivity contribution in [3.05, 3.63) is 82.9 Å². The molecule has 0 spiro atoms. The quantitative estimate of drug-likeness (QED) is 0.412. The Morgan fingerprint density at radius 2 is 1.67 bits per heavy atom. The SMILES string of the molecule is [B]C1(c2ccc(C(C)=O)cc2)OC(N)=C(OS(=O)(=O)C([B])([B])c2ccccc2)C1=O. The van der Waals surface area contributed by atoms with E-state index in [1.807, 2.05) is 0 Å². The monoisotopic (exact) mass is 417 g/mol. The van der Waals surface area contributed by atoms with Gasteiger partial charge in [0.05, 0.1) is 20.2 Å². The number of hydrogen-bond acceptors (Lipinski definition) is 7. The Balaban J connectivity index is 1.91. The molecule has 3 rings (SSSR count). The number of carbonyl (C=O) groups is 2. The molecule has 7 nitrogen and oxygen atoms in total. The normalized spacial score (nSPS) is 19.4. The van der Waals surface area contributed by atoms with Crippen LogP contribution in [0.5, 0.6) is 0 Å². The van der Waals surface area contributed by atoms with Crippen LogP contribution >= 0.6 is 0 Å². The highest BCUT2D eigenvalue weighted by atomic mass is 32.2. The summed E-state index contributed by atoms with van der Waals surface area (Å²) in [5.74, 6) is -2.74. The minimum absolute atomic E-state index is 0.0226. The summed E-state index contributed by atoms with van der Waals surface area (Å²) in [5, 5.41) is 0. The first-order valence-electron chi connectivity index (χ1n) is 8.61. The molecule has 6 radical (unpaired) electrons. The van der Waals surface area contributed by atoms with E-state index in [1.54, 1.807) is 6.07 Å². The van der Waals surface area contributed by atoms with Crippen molar-refractivity contribution in [1.82, 2.24) is 0 Å². The number of carbonyl (C=O) groups excluding carboxylic acids is 2. The van der Waals surface area contributed by atoms with Gasteiger partial charge in [-0.3, -0.25) is 9.59 Å². The summed E-state index contributed by atoms with van der Waals surface area (Å²) < 4.78 is 33.1. The molecule has 1 heterocycles. The fourth-order valence-electron chi connectivity index (χ4n) is 2.79. The summed E-state index contributed by atoms with van der Waals surface area (Å²) in [6, 6.07) is 13.1. The lowest BCUT2D eigenvalue weighted by molar-refractivity contribution is -0.126. The second-order valence-electron chi connectivity index (χ2n) is 6.69. The molecule has 0 aromatic heterocycles. The first-order valence-corrected chi connectivity index (χ1v) is 10.0. The Morgan fingerprint density at radius 3 is 2.20 bits per heavy atom. The molecule has 1 atom stereocenters. The van der Waals surface area contributed by atoms with Crippen LogP contribution < -0.4 is 5.73 Å². The maximum absolute atomic E-state index is 12.9. The fourth-order valence-corrected chi connectivity index (χ4v) is 3.73. The van der Waals surface area contributed by atoms with Gasteiger partial charge in [0.15, 0.2) is 11.3 Å². The molecule has 0 bridgehead atoms. The topological polar surface area (TPSA) is 113 Å². The second-order valence-corrected chi connectivity index (χ2v) is 8.44. The van der Waals surface area contributed by atoms with Gasteiger partial charge in [-0.15, -0.1) is 0 Å². The van der Waals surface area contributed by atoms with Crippen LogP contribution in [0.1, 0.15) is 28.4 Å². The van der Waals surface area contributed by atoms with E-state index in [9.17, 15) is 18.0 Å². The minimum atomic E-state index is -4.80. The average molecular weight is 417 g/mol. The van der Waals surface area contributed by atoms with Gasteiger partial charge in [0.2, 0.25) is 17.4 Å². The molecule has 1 aliphatic rings. The van der Waals surface area contributed by atoms with Gasteiger partial charge in [-0.25, -0.2) is 0 Å². The predicted octanol–water partition coefficient (Wildman–Crippen LogP) is 0.431. The zero-order valence-corrected chi connectivity index (χ0v) is 16.7. The van der Waals surface area contributed by atoms with Gasteiger partial charge in [0, 0.05) is 5.56 Å². The number of hydrogen-bond donors (Lipinski definition) is 1. The Morgan fingerprint density at radius 1 is 1.10 bits per heavy atom. The largest absolute Gasteiger partial charge is 0.467 e. The minimum Gasteiger partial charge on any atom is -0.467 e. The van der Waals surface area contributed by atoms with Crippen molar-refractivity contribution in [1.29, 1.82) is 0 Å². The lowest BCUT2D eigenvalue weighted by atomic mass is 9.65. The van der Waals surface area contributed by atoms with E-state index in [0.29, 0.717) is 5.56 Å². The predicted molar refractivity (Wildman–Crippen MR) is 111 cm³/mol. The highest BCUT2D eigenvalue weighted by molar-refractivity contribution is 7.90. The zero-order chi connectivity index (χ0) is 22.3. The molecular weight excluding hydrogens is 403 g/mol. The van der Waals surface area contributed by atoms with Crippen LogP contribution in [0.4, 0.5) is 0 Å². The smallest absolute Gasteiger partial charge is 0.302 e.